The van der Waals surface area contributed by atoms with Gasteiger partial charge >= 0.3 is 0 Å². The first-order valence-corrected chi connectivity index (χ1v) is 7.20. The Morgan fingerprint density at radius 3 is 2.74 bits per heavy atom. The molecule has 104 valence electrons. The monoisotopic (exact) mass is 327 g/mol. The summed E-state index contributed by atoms with van der Waals surface area (Å²) in [4.78, 5) is 13.9. The van der Waals surface area contributed by atoms with Gasteiger partial charge in [-0.1, -0.05) is 0 Å². The maximum atomic E-state index is 12.0. The highest BCUT2D eigenvalue weighted by Gasteiger charge is 2.31. The fourth-order valence-corrected chi connectivity index (χ4v) is 2.44. The molecule has 0 bridgehead atoms. The van der Waals surface area contributed by atoms with Crippen LogP contribution in [0.4, 0.5) is 0 Å². The molecule has 5 heteroatoms. The van der Waals surface area contributed by atoms with Crippen molar-refractivity contribution < 1.29 is 14.3 Å². The van der Waals surface area contributed by atoms with E-state index in [9.17, 15) is 4.79 Å². The fourth-order valence-electron chi connectivity index (χ4n) is 1.97. The lowest BCUT2D eigenvalue weighted by Crippen LogP contribution is -2.36. The van der Waals surface area contributed by atoms with Crippen molar-refractivity contribution in [2.45, 2.75) is 25.8 Å². The molecule has 1 saturated carbocycles. The van der Waals surface area contributed by atoms with Crippen molar-refractivity contribution in [3.05, 3.63) is 22.7 Å². The molecule has 0 spiro atoms. The van der Waals surface area contributed by atoms with Crippen LogP contribution >= 0.6 is 15.9 Å². The molecule has 1 aliphatic carbocycles. The van der Waals surface area contributed by atoms with Crippen molar-refractivity contribution in [1.29, 1.82) is 0 Å². The summed E-state index contributed by atoms with van der Waals surface area (Å²) in [6.45, 7) is 2.82. The third-order valence-electron chi connectivity index (χ3n) is 3.14. The highest BCUT2D eigenvalue weighted by molar-refractivity contribution is 9.10. The number of ether oxygens (including phenoxy) is 2. The molecule has 1 aromatic carbocycles. The van der Waals surface area contributed by atoms with Crippen LogP contribution in [0.15, 0.2) is 22.7 Å². The Bertz CT molecular complexity index is 460. The topological polar surface area (TPSA) is 38.8 Å². The lowest BCUT2D eigenvalue weighted by Gasteiger charge is -2.20. The molecule has 0 aromatic heterocycles. The molecular formula is C14H18BrNO3. The molecule has 1 aromatic rings. The largest absolute Gasteiger partial charge is 0.497 e. The number of likely N-dealkylation sites (N-methyl/N-ethyl adjacent to an activating group) is 1. The van der Waals surface area contributed by atoms with E-state index in [1.54, 1.807) is 13.2 Å². The van der Waals surface area contributed by atoms with Gasteiger partial charge in [-0.3, -0.25) is 4.79 Å². The summed E-state index contributed by atoms with van der Waals surface area (Å²) >= 11 is 3.40. The van der Waals surface area contributed by atoms with Crippen molar-refractivity contribution in [2.75, 3.05) is 20.3 Å². The van der Waals surface area contributed by atoms with Gasteiger partial charge in [0.15, 0.2) is 6.61 Å². The smallest absolute Gasteiger partial charge is 0.260 e. The number of halogens is 1. The van der Waals surface area contributed by atoms with Crippen molar-refractivity contribution in [2.24, 2.45) is 0 Å². The highest BCUT2D eigenvalue weighted by Crippen LogP contribution is 2.30. The van der Waals surface area contributed by atoms with E-state index in [-0.39, 0.29) is 12.5 Å². The summed E-state index contributed by atoms with van der Waals surface area (Å²) < 4.78 is 11.5. The van der Waals surface area contributed by atoms with Gasteiger partial charge in [0, 0.05) is 12.6 Å². The Kier molecular flexibility index (Phi) is 4.69. The van der Waals surface area contributed by atoms with Crippen molar-refractivity contribution in [3.8, 4) is 11.5 Å². The van der Waals surface area contributed by atoms with E-state index in [4.69, 9.17) is 9.47 Å². The van der Waals surface area contributed by atoms with Crippen LogP contribution in [0.1, 0.15) is 19.8 Å². The van der Waals surface area contributed by atoms with E-state index in [1.165, 1.54) is 0 Å². The van der Waals surface area contributed by atoms with Gasteiger partial charge in [0.1, 0.15) is 11.5 Å². The first-order valence-electron chi connectivity index (χ1n) is 6.41. The summed E-state index contributed by atoms with van der Waals surface area (Å²) in [5, 5.41) is 0. The Balaban J connectivity index is 1.92. The molecule has 0 aliphatic heterocycles. The van der Waals surface area contributed by atoms with E-state index in [1.807, 2.05) is 24.0 Å². The predicted octanol–water partition coefficient (Wildman–Crippen LogP) is 2.85. The van der Waals surface area contributed by atoms with Gasteiger partial charge in [-0.2, -0.15) is 0 Å². The van der Waals surface area contributed by atoms with E-state index in [2.05, 4.69) is 15.9 Å². The number of rotatable bonds is 6. The number of methoxy groups -OCH3 is 1. The van der Waals surface area contributed by atoms with Crippen LogP contribution in [0, 0.1) is 0 Å². The molecule has 0 unspecified atom stereocenters. The van der Waals surface area contributed by atoms with Gasteiger partial charge in [0.05, 0.1) is 11.6 Å². The molecule has 1 amide bonds. The molecule has 0 atom stereocenters. The van der Waals surface area contributed by atoms with Gasteiger partial charge in [0.2, 0.25) is 0 Å². The second kappa shape index (κ2) is 6.28. The highest BCUT2D eigenvalue weighted by atomic mass is 79.9. The van der Waals surface area contributed by atoms with Crippen LogP contribution in [0.2, 0.25) is 0 Å². The Labute approximate surface area is 121 Å². The lowest BCUT2D eigenvalue weighted by molar-refractivity contribution is -0.133. The molecule has 0 heterocycles. The van der Waals surface area contributed by atoms with E-state index >= 15 is 0 Å². The van der Waals surface area contributed by atoms with Crippen molar-refractivity contribution in [3.63, 3.8) is 0 Å². The molecular weight excluding hydrogens is 310 g/mol. The van der Waals surface area contributed by atoms with Gasteiger partial charge in [-0.05, 0) is 53.9 Å². The van der Waals surface area contributed by atoms with E-state index in [0.29, 0.717) is 11.8 Å². The van der Waals surface area contributed by atoms with E-state index < -0.39 is 0 Å². The third-order valence-corrected chi connectivity index (χ3v) is 3.76. The SMILES string of the molecule is CCN(C(=O)COc1ccc(OC)cc1Br)C1CC1. The number of amides is 1. The second-order valence-electron chi connectivity index (χ2n) is 4.50. The van der Waals surface area contributed by atoms with Crippen LogP contribution in [0.25, 0.3) is 0 Å². The fraction of sp³-hybridized carbons (Fsp3) is 0.500. The number of nitrogens with zero attached hydrogens (tertiary/aromatic N) is 1. The summed E-state index contributed by atoms with van der Waals surface area (Å²) in [6.07, 6.45) is 2.23. The van der Waals surface area contributed by atoms with Gasteiger partial charge in [0.25, 0.3) is 5.91 Å². The van der Waals surface area contributed by atoms with Crippen LogP contribution in [0.3, 0.4) is 0 Å². The first-order chi connectivity index (χ1) is 9.15. The third kappa shape index (κ3) is 3.62. The number of hydrogen-bond donors (Lipinski definition) is 0. The van der Waals surface area contributed by atoms with Gasteiger partial charge in [-0.25, -0.2) is 0 Å². The second-order valence-corrected chi connectivity index (χ2v) is 5.35. The number of hydrogen-bond acceptors (Lipinski definition) is 3. The minimum Gasteiger partial charge on any atom is -0.497 e. The number of benzene rings is 1. The van der Waals surface area contributed by atoms with Crippen LogP contribution in [-0.2, 0) is 4.79 Å². The summed E-state index contributed by atoms with van der Waals surface area (Å²) in [7, 11) is 1.61. The zero-order chi connectivity index (χ0) is 13.8. The average molecular weight is 328 g/mol. The Hall–Kier alpha value is -1.23. The quantitative estimate of drug-likeness (QED) is 0.806. The Morgan fingerprint density at radius 1 is 1.47 bits per heavy atom. The minimum atomic E-state index is 0.0488. The molecule has 4 nitrogen and oxygen atoms in total. The average Bonchev–Trinajstić information content (AvgIpc) is 3.22. The summed E-state index contributed by atoms with van der Waals surface area (Å²) in [6, 6.07) is 5.85. The van der Waals surface area contributed by atoms with Crippen LogP contribution < -0.4 is 9.47 Å². The zero-order valence-corrected chi connectivity index (χ0v) is 12.8. The minimum absolute atomic E-state index is 0.0488. The number of carbonyl (C=O) groups excluding carboxylic acids is 1. The molecule has 19 heavy (non-hydrogen) atoms. The van der Waals surface area contributed by atoms with Gasteiger partial charge in [-0.15, -0.1) is 0 Å². The molecule has 0 saturated heterocycles. The lowest BCUT2D eigenvalue weighted by atomic mass is 10.3. The first kappa shape index (κ1) is 14.2. The molecule has 1 aliphatic rings. The number of carbonyl (C=O) groups is 1. The molecule has 0 radical (unpaired) electrons. The van der Waals surface area contributed by atoms with Crippen molar-refractivity contribution in [1.82, 2.24) is 4.90 Å². The normalized spacial score (nSPS) is 14.1. The maximum Gasteiger partial charge on any atom is 0.260 e. The molecule has 0 N–H and O–H groups in total. The molecule has 1 fully saturated rings. The standard InChI is InChI=1S/C14H18BrNO3/c1-3-16(10-4-5-10)14(17)9-19-13-7-6-11(18-2)8-12(13)15/h6-8,10H,3-5,9H2,1-2H3. The molecule has 2 rings (SSSR count). The maximum absolute atomic E-state index is 12.0. The van der Waals surface area contributed by atoms with Gasteiger partial charge < -0.3 is 14.4 Å². The van der Waals surface area contributed by atoms with Crippen LogP contribution in [-0.4, -0.2) is 37.1 Å². The summed E-state index contributed by atoms with van der Waals surface area (Å²) in [5.74, 6) is 1.45. The van der Waals surface area contributed by atoms with Crippen LogP contribution in [0.5, 0.6) is 11.5 Å². The summed E-state index contributed by atoms with van der Waals surface area (Å²) in [5.41, 5.74) is 0. The van der Waals surface area contributed by atoms with Crippen molar-refractivity contribution >= 4 is 21.8 Å². The van der Waals surface area contributed by atoms with E-state index in [0.717, 1.165) is 29.6 Å². The Morgan fingerprint density at radius 2 is 2.21 bits per heavy atom. The predicted molar refractivity (Wildman–Crippen MR) is 76.6 cm³/mol. The zero-order valence-electron chi connectivity index (χ0n) is 11.2.